The van der Waals surface area contributed by atoms with Gasteiger partial charge in [0.05, 0.1) is 17.3 Å². The van der Waals surface area contributed by atoms with Gasteiger partial charge in [-0.2, -0.15) is 0 Å². The van der Waals surface area contributed by atoms with E-state index in [1.54, 1.807) is 6.07 Å². The van der Waals surface area contributed by atoms with Gasteiger partial charge < -0.3 is 10.7 Å². The normalized spacial score (nSPS) is 11.8. The molecular formula is C15H18N4O. The molecule has 0 radical (unpaired) electrons. The van der Waals surface area contributed by atoms with Crippen molar-refractivity contribution in [3.8, 4) is 0 Å². The van der Waals surface area contributed by atoms with Crippen molar-refractivity contribution < 1.29 is 4.79 Å². The van der Waals surface area contributed by atoms with Crippen LogP contribution in [0.5, 0.6) is 0 Å². The highest BCUT2D eigenvalue weighted by Crippen LogP contribution is 2.17. The lowest BCUT2D eigenvalue weighted by Gasteiger charge is -2.16. The SMILES string of the molecule is Cc1cc(NN)c(C(=O)NC(C)c2ccccc2)cn1. The summed E-state index contributed by atoms with van der Waals surface area (Å²) in [5.74, 6) is 5.23. The van der Waals surface area contributed by atoms with E-state index in [1.165, 1.54) is 6.20 Å². The summed E-state index contributed by atoms with van der Waals surface area (Å²) < 4.78 is 0. The van der Waals surface area contributed by atoms with Crippen LogP contribution in [-0.4, -0.2) is 10.9 Å². The van der Waals surface area contributed by atoms with Crippen molar-refractivity contribution in [2.75, 3.05) is 5.43 Å². The zero-order valence-electron chi connectivity index (χ0n) is 11.6. The van der Waals surface area contributed by atoms with Gasteiger partial charge >= 0.3 is 0 Å². The number of hydrazine groups is 1. The molecule has 2 aromatic rings. The maximum Gasteiger partial charge on any atom is 0.255 e. The van der Waals surface area contributed by atoms with Crippen molar-refractivity contribution in [1.29, 1.82) is 0 Å². The number of pyridine rings is 1. The van der Waals surface area contributed by atoms with Crippen LogP contribution < -0.4 is 16.6 Å². The minimum atomic E-state index is -0.207. The first-order valence-electron chi connectivity index (χ1n) is 6.41. The van der Waals surface area contributed by atoms with Gasteiger partial charge in [0.1, 0.15) is 0 Å². The summed E-state index contributed by atoms with van der Waals surface area (Å²) in [5.41, 5.74) is 5.37. The molecule has 1 unspecified atom stereocenters. The molecule has 1 aromatic heterocycles. The Labute approximate surface area is 118 Å². The topological polar surface area (TPSA) is 80.0 Å². The van der Waals surface area contributed by atoms with Crippen LogP contribution in [0.4, 0.5) is 5.69 Å². The number of carbonyl (C=O) groups is 1. The number of rotatable bonds is 4. The molecule has 4 N–H and O–H groups in total. The quantitative estimate of drug-likeness (QED) is 0.587. The van der Waals surface area contributed by atoms with Crippen LogP contribution in [0.3, 0.4) is 0 Å². The van der Waals surface area contributed by atoms with E-state index in [0.717, 1.165) is 11.3 Å². The maximum atomic E-state index is 12.3. The van der Waals surface area contributed by atoms with Crippen molar-refractivity contribution >= 4 is 11.6 Å². The van der Waals surface area contributed by atoms with Crippen LogP contribution in [0.15, 0.2) is 42.6 Å². The molecule has 1 heterocycles. The molecule has 20 heavy (non-hydrogen) atoms. The Bertz CT molecular complexity index is 598. The highest BCUT2D eigenvalue weighted by atomic mass is 16.1. The molecule has 0 spiro atoms. The highest BCUT2D eigenvalue weighted by Gasteiger charge is 2.15. The first kappa shape index (κ1) is 14.0. The Morgan fingerprint density at radius 3 is 2.65 bits per heavy atom. The highest BCUT2D eigenvalue weighted by molar-refractivity contribution is 5.99. The smallest absolute Gasteiger partial charge is 0.255 e. The summed E-state index contributed by atoms with van der Waals surface area (Å²) in [6.07, 6.45) is 1.53. The van der Waals surface area contributed by atoms with E-state index in [4.69, 9.17) is 5.84 Å². The summed E-state index contributed by atoms with van der Waals surface area (Å²) in [4.78, 5) is 16.4. The maximum absolute atomic E-state index is 12.3. The molecular weight excluding hydrogens is 252 g/mol. The third kappa shape index (κ3) is 3.13. The van der Waals surface area contributed by atoms with Crippen LogP contribution in [-0.2, 0) is 0 Å². The molecule has 1 atom stereocenters. The second-order valence-electron chi connectivity index (χ2n) is 4.62. The number of aromatic nitrogens is 1. The van der Waals surface area contributed by atoms with Gasteiger partial charge in [0.25, 0.3) is 5.91 Å². The molecule has 0 aliphatic carbocycles. The van der Waals surface area contributed by atoms with Gasteiger partial charge in [-0.3, -0.25) is 15.6 Å². The number of carbonyl (C=O) groups excluding carboxylic acids is 1. The number of anilines is 1. The Morgan fingerprint density at radius 1 is 1.30 bits per heavy atom. The summed E-state index contributed by atoms with van der Waals surface area (Å²) in [6.45, 7) is 3.78. The second-order valence-corrected chi connectivity index (χ2v) is 4.62. The van der Waals surface area contributed by atoms with Crippen LogP contribution in [0.1, 0.15) is 34.6 Å². The largest absolute Gasteiger partial charge is 0.345 e. The minimum absolute atomic E-state index is 0.0874. The Balaban J connectivity index is 2.16. The predicted molar refractivity (Wildman–Crippen MR) is 79.1 cm³/mol. The number of amides is 1. The van der Waals surface area contributed by atoms with E-state index in [1.807, 2.05) is 44.2 Å². The number of nitrogens with two attached hydrogens (primary N) is 1. The third-order valence-electron chi connectivity index (χ3n) is 3.09. The molecule has 0 aliphatic rings. The number of hydrogen-bond donors (Lipinski definition) is 3. The number of nitrogen functional groups attached to an aromatic ring is 1. The second kappa shape index (κ2) is 6.16. The lowest BCUT2D eigenvalue weighted by Crippen LogP contribution is -2.28. The molecule has 104 valence electrons. The fraction of sp³-hybridized carbons (Fsp3) is 0.200. The summed E-state index contributed by atoms with van der Waals surface area (Å²) in [6, 6.07) is 11.4. The average molecular weight is 270 g/mol. The lowest BCUT2D eigenvalue weighted by molar-refractivity contribution is 0.0940. The van der Waals surface area contributed by atoms with E-state index >= 15 is 0 Å². The van der Waals surface area contributed by atoms with Crippen LogP contribution in [0.2, 0.25) is 0 Å². The molecule has 0 aliphatic heterocycles. The van der Waals surface area contributed by atoms with Crippen molar-refractivity contribution in [3.05, 3.63) is 59.4 Å². The molecule has 5 heteroatoms. The van der Waals surface area contributed by atoms with E-state index in [0.29, 0.717) is 11.3 Å². The van der Waals surface area contributed by atoms with E-state index in [-0.39, 0.29) is 11.9 Å². The number of nitrogens with one attached hydrogen (secondary N) is 2. The van der Waals surface area contributed by atoms with Gasteiger partial charge in [0.15, 0.2) is 0 Å². The van der Waals surface area contributed by atoms with E-state index in [9.17, 15) is 4.79 Å². The van der Waals surface area contributed by atoms with Gasteiger partial charge in [-0.15, -0.1) is 0 Å². The minimum Gasteiger partial charge on any atom is -0.345 e. The first-order chi connectivity index (χ1) is 9.61. The number of hydrogen-bond acceptors (Lipinski definition) is 4. The zero-order valence-corrected chi connectivity index (χ0v) is 11.6. The summed E-state index contributed by atoms with van der Waals surface area (Å²) in [7, 11) is 0. The van der Waals surface area contributed by atoms with Gasteiger partial charge in [-0.05, 0) is 25.5 Å². The fourth-order valence-corrected chi connectivity index (χ4v) is 1.96. The molecule has 1 aromatic carbocycles. The summed E-state index contributed by atoms with van der Waals surface area (Å²) in [5, 5.41) is 2.93. The Kier molecular flexibility index (Phi) is 4.32. The molecule has 0 saturated carbocycles. The number of aryl methyl sites for hydroxylation is 1. The van der Waals surface area contributed by atoms with Crippen LogP contribution in [0, 0.1) is 6.92 Å². The molecule has 0 fully saturated rings. The fourth-order valence-electron chi connectivity index (χ4n) is 1.96. The third-order valence-corrected chi connectivity index (χ3v) is 3.09. The Hall–Kier alpha value is -2.40. The Morgan fingerprint density at radius 2 is 2.00 bits per heavy atom. The molecule has 0 bridgehead atoms. The zero-order chi connectivity index (χ0) is 14.5. The van der Waals surface area contributed by atoms with Crippen molar-refractivity contribution in [2.45, 2.75) is 19.9 Å². The van der Waals surface area contributed by atoms with Gasteiger partial charge in [-0.25, -0.2) is 0 Å². The number of nitrogens with zero attached hydrogens (tertiary/aromatic N) is 1. The molecule has 1 amide bonds. The summed E-state index contributed by atoms with van der Waals surface area (Å²) >= 11 is 0. The first-order valence-corrected chi connectivity index (χ1v) is 6.41. The van der Waals surface area contributed by atoms with Gasteiger partial charge in [0, 0.05) is 11.9 Å². The monoisotopic (exact) mass is 270 g/mol. The molecule has 2 rings (SSSR count). The lowest BCUT2D eigenvalue weighted by atomic mass is 10.1. The van der Waals surface area contributed by atoms with Crippen molar-refractivity contribution in [3.63, 3.8) is 0 Å². The van der Waals surface area contributed by atoms with E-state index in [2.05, 4.69) is 15.7 Å². The van der Waals surface area contributed by atoms with Crippen molar-refractivity contribution in [2.24, 2.45) is 5.84 Å². The van der Waals surface area contributed by atoms with Gasteiger partial charge in [-0.1, -0.05) is 30.3 Å². The van der Waals surface area contributed by atoms with Crippen molar-refractivity contribution in [1.82, 2.24) is 10.3 Å². The number of benzene rings is 1. The average Bonchev–Trinajstić information content (AvgIpc) is 2.47. The van der Waals surface area contributed by atoms with Crippen LogP contribution >= 0.6 is 0 Å². The van der Waals surface area contributed by atoms with Gasteiger partial charge in [0.2, 0.25) is 0 Å². The molecule has 5 nitrogen and oxygen atoms in total. The molecule has 0 saturated heterocycles. The van der Waals surface area contributed by atoms with Crippen LogP contribution in [0.25, 0.3) is 0 Å². The standard InChI is InChI=1S/C15H18N4O/c1-10-8-14(19-16)13(9-17-10)15(20)18-11(2)12-6-4-3-5-7-12/h3-9,11H,16H2,1-2H3,(H,17,19)(H,18,20). The predicted octanol–water partition coefficient (Wildman–Crippen LogP) is 2.17. The van der Waals surface area contributed by atoms with E-state index < -0.39 is 0 Å².